The zero-order valence-electron chi connectivity index (χ0n) is 22.6. The lowest BCUT2D eigenvalue weighted by Gasteiger charge is -2.28. The normalized spacial score (nSPS) is 26.2. The van der Waals surface area contributed by atoms with Crippen molar-refractivity contribution in [2.75, 3.05) is 25.1 Å². The Hall–Kier alpha value is -1.78. The molecule has 1 aromatic carbocycles. The second kappa shape index (κ2) is 14.4. The largest absolute Gasteiger partial charge is 0.387 e. The van der Waals surface area contributed by atoms with Crippen molar-refractivity contribution < 1.29 is 33.2 Å². The summed E-state index contributed by atoms with van der Waals surface area (Å²) in [5, 5.41) is 16.2. The summed E-state index contributed by atoms with van der Waals surface area (Å²) in [7, 11) is 0. The first-order valence-corrected chi connectivity index (χ1v) is 13.9. The lowest BCUT2D eigenvalue weighted by molar-refractivity contribution is -0.277. The monoisotopic (exact) mass is 524 g/mol. The molecular weight excluding hydrogens is 479 g/mol. The molecule has 0 spiro atoms. The number of benzene rings is 1. The fourth-order valence-electron chi connectivity index (χ4n) is 4.95. The number of hydrogen-bond donors (Lipinski definition) is 3. The van der Waals surface area contributed by atoms with Crippen LogP contribution >= 0.6 is 0 Å². The minimum atomic E-state index is -1.23. The third kappa shape index (κ3) is 9.18. The topological polar surface area (TPSA) is 98.3 Å². The van der Waals surface area contributed by atoms with E-state index in [-0.39, 0.29) is 19.0 Å². The molecule has 0 saturated carbocycles. The van der Waals surface area contributed by atoms with Gasteiger partial charge in [-0.05, 0) is 44.5 Å². The van der Waals surface area contributed by atoms with E-state index in [9.17, 15) is 14.3 Å². The Kier molecular flexibility index (Phi) is 11.6. The Morgan fingerprint density at radius 2 is 1.62 bits per heavy atom. The number of carbonyl (C=O) groups is 1. The van der Waals surface area contributed by atoms with Gasteiger partial charge in [-0.1, -0.05) is 64.7 Å². The molecule has 2 amide bonds. The number of amides is 2. The number of aliphatic hydroxyl groups is 1. The third-order valence-corrected chi connectivity index (χ3v) is 6.82. The van der Waals surface area contributed by atoms with Crippen LogP contribution in [-0.4, -0.2) is 60.8 Å². The molecule has 4 atom stereocenters. The van der Waals surface area contributed by atoms with Crippen molar-refractivity contribution in [2.24, 2.45) is 0 Å². The first-order valence-electron chi connectivity index (χ1n) is 13.9. The summed E-state index contributed by atoms with van der Waals surface area (Å²) in [5.41, 5.74) is 0.453. The van der Waals surface area contributed by atoms with Crippen LogP contribution < -0.4 is 10.6 Å². The maximum absolute atomic E-state index is 13.1. The molecule has 2 aliphatic rings. The van der Waals surface area contributed by atoms with Gasteiger partial charge in [0.2, 0.25) is 5.79 Å². The summed E-state index contributed by atoms with van der Waals surface area (Å²) in [6.45, 7) is 6.54. The minimum Gasteiger partial charge on any atom is -0.387 e. The predicted octanol–water partition coefficient (Wildman–Crippen LogP) is 5.49. The first-order chi connectivity index (χ1) is 17.7. The molecular formula is C28H45FN2O6. The Balaban J connectivity index is 1.37. The quantitative estimate of drug-likeness (QED) is 0.247. The third-order valence-electron chi connectivity index (χ3n) is 6.82. The highest BCUT2D eigenvalue weighted by Gasteiger charge is 2.64. The number of urea groups is 1. The molecule has 0 unspecified atom stereocenters. The second-order valence-corrected chi connectivity index (χ2v) is 10.6. The molecule has 0 aliphatic carbocycles. The number of ether oxygens (including phenoxy) is 4. The van der Waals surface area contributed by atoms with E-state index in [0.717, 1.165) is 12.8 Å². The maximum Gasteiger partial charge on any atom is 0.319 e. The fraction of sp³-hybridized carbons (Fsp3) is 0.750. The van der Waals surface area contributed by atoms with Gasteiger partial charge in [0.05, 0.1) is 0 Å². The fourth-order valence-corrected chi connectivity index (χ4v) is 4.95. The van der Waals surface area contributed by atoms with Crippen molar-refractivity contribution in [3.63, 3.8) is 0 Å². The van der Waals surface area contributed by atoms with Gasteiger partial charge in [-0.2, -0.15) is 0 Å². The highest BCUT2D eigenvalue weighted by Crippen LogP contribution is 2.45. The smallest absolute Gasteiger partial charge is 0.319 e. The number of anilines is 1. The summed E-state index contributed by atoms with van der Waals surface area (Å²) in [6.07, 6.45) is 10.0. The first kappa shape index (κ1) is 29.8. The molecule has 2 heterocycles. The lowest BCUT2D eigenvalue weighted by Crippen LogP contribution is -2.45. The molecule has 0 radical (unpaired) electrons. The molecule has 3 rings (SSSR count). The number of carbonyl (C=O) groups excluding carboxylic acids is 1. The van der Waals surface area contributed by atoms with Gasteiger partial charge in [-0.15, -0.1) is 0 Å². The predicted molar refractivity (Wildman–Crippen MR) is 140 cm³/mol. The van der Waals surface area contributed by atoms with E-state index < -0.39 is 35.9 Å². The standard InChI is InChI=1S/C28H45FN2O6/c1-4-5-6-7-8-9-10-11-12-13-18-34-20-28-25(36-27(2,3)37-28)24(32)23(35-28)19-30-26(33)31-22-16-14-21(29)15-17-22/h14-17,23-25,32H,4-13,18-20H2,1-3H3,(H2,30,31,33)/t23-,24+,25-,28-/m0/s1. The highest BCUT2D eigenvalue weighted by molar-refractivity contribution is 5.89. The molecule has 9 heteroatoms. The van der Waals surface area contributed by atoms with Crippen LogP contribution in [-0.2, 0) is 18.9 Å². The van der Waals surface area contributed by atoms with E-state index in [1.807, 2.05) is 0 Å². The van der Waals surface area contributed by atoms with Crippen LogP contribution in [0.1, 0.15) is 85.0 Å². The average molecular weight is 525 g/mol. The van der Waals surface area contributed by atoms with Gasteiger partial charge in [-0.25, -0.2) is 9.18 Å². The minimum absolute atomic E-state index is 0.0397. The van der Waals surface area contributed by atoms with Crippen LogP contribution in [0, 0.1) is 5.82 Å². The Morgan fingerprint density at radius 3 is 2.27 bits per heavy atom. The lowest BCUT2D eigenvalue weighted by atomic mass is 10.1. The van der Waals surface area contributed by atoms with Crippen molar-refractivity contribution >= 4 is 11.7 Å². The summed E-state index contributed by atoms with van der Waals surface area (Å²) < 4.78 is 37.1. The van der Waals surface area contributed by atoms with Crippen molar-refractivity contribution in [1.82, 2.24) is 5.32 Å². The van der Waals surface area contributed by atoms with E-state index in [1.54, 1.807) is 13.8 Å². The van der Waals surface area contributed by atoms with E-state index >= 15 is 0 Å². The van der Waals surface area contributed by atoms with Gasteiger partial charge < -0.3 is 34.7 Å². The highest BCUT2D eigenvalue weighted by atomic mass is 19.1. The number of aliphatic hydroxyl groups excluding tert-OH is 1. The molecule has 1 aromatic rings. The van der Waals surface area contributed by atoms with Gasteiger partial charge in [0.1, 0.15) is 30.7 Å². The molecule has 3 N–H and O–H groups in total. The zero-order valence-corrected chi connectivity index (χ0v) is 22.6. The second-order valence-electron chi connectivity index (χ2n) is 10.6. The molecule has 2 saturated heterocycles. The van der Waals surface area contributed by atoms with E-state index in [4.69, 9.17) is 18.9 Å². The van der Waals surface area contributed by atoms with Crippen LogP contribution in [0.5, 0.6) is 0 Å². The Labute approximate surface area is 220 Å². The van der Waals surface area contributed by atoms with Crippen molar-refractivity contribution in [2.45, 2.75) is 115 Å². The molecule has 2 fully saturated rings. The molecule has 8 nitrogen and oxygen atoms in total. The molecule has 37 heavy (non-hydrogen) atoms. The van der Waals surface area contributed by atoms with Crippen molar-refractivity contribution in [3.8, 4) is 0 Å². The van der Waals surface area contributed by atoms with Crippen LogP contribution in [0.15, 0.2) is 24.3 Å². The molecule has 0 bridgehead atoms. The Morgan fingerprint density at radius 1 is 1.00 bits per heavy atom. The zero-order chi connectivity index (χ0) is 26.7. The van der Waals surface area contributed by atoms with Gasteiger partial charge in [-0.3, -0.25) is 0 Å². The summed E-state index contributed by atoms with van der Waals surface area (Å²) in [6, 6.07) is 4.95. The average Bonchev–Trinajstić information content (AvgIpc) is 3.26. The van der Waals surface area contributed by atoms with Crippen LogP contribution in [0.4, 0.5) is 14.9 Å². The van der Waals surface area contributed by atoms with Crippen molar-refractivity contribution in [1.29, 1.82) is 0 Å². The van der Waals surface area contributed by atoms with E-state index in [0.29, 0.717) is 12.3 Å². The van der Waals surface area contributed by atoms with Crippen molar-refractivity contribution in [3.05, 3.63) is 30.1 Å². The number of rotatable bonds is 16. The maximum atomic E-state index is 13.1. The van der Waals surface area contributed by atoms with Crippen LogP contribution in [0.3, 0.4) is 0 Å². The number of fused-ring (bicyclic) bond motifs is 1. The van der Waals surface area contributed by atoms with E-state index in [1.165, 1.54) is 75.6 Å². The summed E-state index contributed by atoms with van der Waals surface area (Å²) in [4.78, 5) is 12.2. The van der Waals surface area contributed by atoms with Crippen LogP contribution in [0.2, 0.25) is 0 Å². The van der Waals surface area contributed by atoms with Gasteiger partial charge in [0.15, 0.2) is 5.79 Å². The molecule has 210 valence electrons. The SMILES string of the molecule is CCCCCCCCCCCCOC[C@@]12O[C@@H](CNC(=O)Nc3ccc(F)cc3)[C@@H](O)[C@@H]1OC(C)(C)O2. The Bertz CT molecular complexity index is 823. The number of unbranched alkanes of at least 4 members (excludes halogenated alkanes) is 9. The molecule has 0 aromatic heterocycles. The summed E-state index contributed by atoms with van der Waals surface area (Å²) in [5.74, 6) is -2.55. The van der Waals surface area contributed by atoms with Gasteiger partial charge in [0.25, 0.3) is 0 Å². The number of nitrogens with one attached hydrogen (secondary N) is 2. The summed E-state index contributed by atoms with van der Waals surface area (Å²) >= 11 is 0. The number of halogens is 1. The van der Waals surface area contributed by atoms with Gasteiger partial charge in [0, 0.05) is 18.8 Å². The van der Waals surface area contributed by atoms with Crippen LogP contribution in [0.25, 0.3) is 0 Å². The van der Waals surface area contributed by atoms with E-state index in [2.05, 4.69) is 17.6 Å². The molecule has 2 aliphatic heterocycles. The number of hydrogen-bond acceptors (Lipinski definition) is 6. The van der Waals surface area contributed by atoms with Gasteiger partial charge >= 0.3 is 6.03 Å².